The summed E-state index contributed by atoms with van der Waals surface area (Å²) < 4.78 is 1.15. The Morgan fingerprint density at radius 2 is 1.75 bits per heavy atom. The molecule has 0 fully saturated rings. The molecule has 0 aliphatic carbocycles. The van der Waals surface area contributed by atoms with Crippen molar-refractivity contribution in [3.05, 3.63) is 69.7 Å². The fourth-order valence-electron chi connectivity index (χ4n) is 2.48. The van der Waals surface area contributed by atoms with Crippen LogP contribution < -0.4 is 5.32 Å². The normalized spacial score (nSPS) is 12.3. The lowest BCUT2D eigenvalue weighted by Crippen LogP contribution is -2.23. The van der Waals surface area contributed by atoms with Gasteiger partial charge in [-0.25, -0.2) is 0 Å². The molecule has 0 heterocycles. The van der Waals surface area contributed by atoms with Crippen LogP contribution in [0.5, 0.6) is 0 Å². The molecule has 1 nitrogen and oxygen atoms in total. The molecule has 0 saturated heterocycles. The number of aryl methyl sites for hydroxylation is 1. The second-order valence-corrected chi connectivity index (χ2v) is 5.96. The number of benzene rings is 2. The highest BCUT2D eigenvalue weighted by Crippen LogP contribution is 2.21. The van der Waals surface area contributed by atoms with E-state index in [-0.39, 0.29) is 0 Å². The lowest BCUT2D eigenvalue weighted by atomic mass is 9.97. The molecule has 2 aromatic carbocycles. The van der Waals surface area contributed by atoms with Crippen molar-refractivity contribution in [3.8, 4) is 0 Å². The van der Waals surface area contributed by atoms with Crippen LogP contribution in [-0.4, -0.2) is 6.54 Å². The Hall–Kier alpha value is -1.12. The van der Waals surface area contributed by atoms with Crippen molar-refractivity contribution in [2.45, 2.75) is 32.7 Å². The summed E-state index contributed by atoms with van der Waals surface area (Å²) in [7, 11) is 0. The Kier molecular flexibility index (Phi) is 5.81. The van der Waals surface area contributed by atoms with Crippen LogP contribution in [-0.2, 0) is 12.8 Å². The van der Waals surface area contributed by atoms with Gasteiger partial charge in [0.2, 0.25) is 0 Å². The van der Waals surface area contributed by atoms with Gasteiger partial charge in [-0.2, -0.15) is 0 Å². The van der Waals surface area contributed by atoms with Crippen LogP contribution in [0.4, 0.5) is 0 Å². The number of halogens is 1. The third kappa shape index (κ3) is 4.19. The molecule has 1 N–H and O–H groups in total. The summed E-state index contributed by atoms with van der Waals surface area (Å²) in [5, 5.41) is 3.60. The first-order valence-electron chi connectivity index (χ1n) is 7.29. The Labute approximate surface area is 130 Å². The molecular weight excluding hydrogens is 310 g/mol. The molecule has 2 aromatic rings. The quantitative estimate of drug-likeness (QED) is 0.793. The van der Waals surface area contributed by atoms with Gasteiger partial charge >= 0.3 is 0 Å². The summed E-state index contributed by atoms with van der Waals surface area (Å²) in [6.07, 6.45) is 2.10. The maximum absolute atomic E-state index is 3.60. The first-order valence-corrected chi connectivity index (χ1v) is 8.09. The molecule has 0 radical (unpaired) electrons. The summed E-state index contributed by atoms with van der Waals surface area (Å²) in [4.78, 5) is 0. The number of hydrogen-bond donors (Lipinski definition) is 1. The maximum atomic E-state index is 3.60. The predicted molar refractivity (Wildman–Crippen MR) is 90.1 cm³/mol. The van der Waals surface area contributed by atoms with Gasteiger partial charge in [0, 0.05) is 10.5 Å². The van der Waals surface area contributed by atoms with Crippen LogP contribution in [0.2, 0.25) is 0 Å². The van der Waals surface area contributed by atoms with Gasteiger partial charge < -0.3 is 5.32 Å². The van der Waals surface area contributed by atoms with Crippen LogP contribution in [0.3, 0.4) is 0 Å². The third-order valence-corrected chi connectivity index (χ3v) is 4.03. The zero-order chi connectivity index (χ0) is 14.4. The van der Waals surface area contributed by atoms with Gasteiger partial charge in [0.1, 0.15) is 0 Å². The third-order valence-electron chi connectivity index (χ3n) is 3.54. The average molecular weight is 332 g/mol. The molecule has 0 bridgehead atoms. The lowest BCUT2D eigenvalue weighted by molar-refractivity contribution is 0.549. The fraction of sp³-hybridized carbons (Fsp3) is 0.333. The van der Waals surface area contributed by atoms with Gasteiger partial charge in [0.25, 0.3) is 0 Å². The summed E-state index contributed by atoms with van der Waals surface area (Å²) in [5.41, 5.74) is 4.14. The first kappa shape index (κ1) is 15.3. The Balaban J connectivity index is 2.21. The molecule has 0 aliphatic heterocycles. The monoisotopic (exact) mass is 331 g/mol. The lowest BCUT2D eigenvalue weighted by Gasteiger charge is -2.19. The van der Waals surface area contributed by atoms with Gasteiger partial charge in [0.15, 0.2) is 0 Å². The molecule has 106 valence electrons. The summed E-state index contributed by atoms with van der Waals surface area (Å²) in [5.74, 6) is 0. The number of nitrogens with one attached hydrogen (secondary N) is 1. The van der Waals surface area contributed by atoms with Gasteiger partial charge in [-0.15, -0.1) is 0 Å². The highest BCUT2D eigenvalue weighted by molar-refractivity contribution is 9.10. The van der Waals surface area contributed by atoms with E-state index in [1.165, 1.54) is 16.7 Å². The molecule has 0 amide bonds. The van der Waals surface area contributed by atoms with E-state index in [1.54, 1.807) is 0 Å². The summed E-state index contributed by atoms with van der Waals surface area (Å²) in [6, 6.07) is 17.9. The minimum Gasteiger partial charge on any atom is -0.310 e. The molecule has 0 aromatic heterocycles. The molecule has 0 aliphatic rings. The highest BCUT2D eigenvalue weighted by Gasteiger charge is 2.11. The van der Waals surface area contributed by atoms with Crippen LogP contribution in [0.1, 0.15) is 36.6 Å². The standard InChI is InChI=1S/C18H22BrN/c1-3-14-7-5-9-16(11-14)18(20-4-2)13-15-8-6-10-17(19)12-15/h5-12,18,20H,3-4,13H2,1-2H3. The fourth-order valence-corrected chi connectivity index (χ4v) is 2.93. The predicted octanol–water partition coefficient (Wildman–Crippen LogP) is 4.90. The minimum atomic E-state index is 0.376. The zero-order valence-electron chi connectivity index (χ0n) is 12.2. The van der Waals surface area contributed by atoms with Gasteiger partial charge in [0.05, 0.1) is 0 Å². The number of rotatable bonds is 6. The number of likely N-dealkylation sites (N-methyl/N-ethyl adjacent to an activating group) is 1. The van der Waals surface area contributed by atoms with E-state index in [0.29, 0.717) is 6.04 Å². The molecule has 0 saturated carbocycles. The molecule has 0 spiro atoms. The molecule has 2 rings (SSSR count). The van der Waals surface area contributed by atoms with E-state index in [4.69, 9.17) is 0 Å². The largest absolute Gasteiger partial charge is 0.310 e. The number of hydrogen-bond acceptors (Lipinski definition) is 1. The molecule has 1 unspecified atom stereocenters. The molecule has 20 heavy (non-hydrogen) atoms. The van der Waals surface area contributed by atoms with E-state index >= 15 is 0 Å². The Morgan fingerprint density at radius 1 is 1.00 bits per heavy atom. The molecule has 1 atom stereocenters. The van der Waals surface area contributed by atoms with Crippen LogP contribution in [0.15, 0.2) is 53.0 Å². The van der Waals surface area contributed by atoms with Crippen molar-refractivity contribution in [3.63, 3.8) is 0 Å². The van der Waals surface area contributed by atoms with Crippen LogP contribution in [0, 0.1) is 0 Å². The summed E-state index contributed by atoms with van der Waals surface area (Å²) >= 11 is 3.55. The topological polar surface area (TPSA) is 12.0 Å². The molecule has 2 heteroatoms. The average Bonchev–Trinajstić information content (AvgIpc) is 2.47. The van der Waals surface area contributed by atoms with Gasteiger partial charge in [-0.1, -0.05) is 66.2 Å². The van der Waals surface area contributed by atoms with Crippen molar-refractivity contribution < 1.29 is 0 Å². The molecular formula is C18H22BrN. The van der Waals surface area contributed by atoms with Crippen LogP contribution in [0.25, 0.3) is 0 Å². The SMILES string of the molecule is CCNC(Cc1cccc(Br)c1)c1cccc(CC)c1. The maximum Gasteiger partial charge on any atom is 0.0360 e. The van der Waals surface area contributed by atoms with Crippen molar-refractivity contribution in [2.75, 3.05) is 6.54 Å². The van der Waals surface area contributed by atoms with Crippen molar-refractivity contribution in [1.29, 1.82) is 0 Å². The highest BCUT2D eigenvalue weighted by atomic mass is 79.9. The van der Waals surface area contributed by atoms with E-state index in [1.807, 2.05) is 0 Å². The second-order valence-electron chi connectivity index (χ2n) is 5.04. The van der Waals surface area contributed by atoms with Gasteiger partial charge in [-0.05, 0) is 48.2 Å². The van der Waals surface area contributed by atoms with Crippen molar-refractivity contribution in [1.82, 2.24) is 5.32 Å². The first-order chi connectivity index (χ1) is 9.72. The Morgan fingerprint density at radius 3 is 2.45 bits per heavy atom. The van der Waals surface area contributed by atoms with E-state index in [0.717, 1.165) is 23.9 Å². The zero-order valence-corrected chi connectivity index (χ0v) is 13.8. The second kappa shape index (κ2) is 7.61. The van der Waals surface area contributed by atoms with Crippen molar-refractivity contribution in [2.24, 2.45) is 0 Å². The van der Waals surface area contributed by atoms with Crippen LogP contribution >= 0.6 is 15.9 Å². The van der Waals surface area contributed by atoms with E-state index in [2.05, 4.69) is 83.6 Å². The summed E-state index contributed by atoms with van der Waals surface area (Å²) in [6.45, 7) is 5.35. The Bertz CT molecular complexity index is 551. The van der Waals surface area contributed by atoms with E-state index < -0.39 is 0 Å². The van der Waals surface area contributed by atoms with Gasteiger partial charge in [-0.3, -0.25) is 0 Å². The smallest absolute Gasteiger partial charge is 0.0360 e. The van der Waals surface area contributed by atoms with E-state index in [9.17, 15) is 0 Å². The van der Waals surface area contributed by atoms with Crippen molar-refractivity contribution >= 4 is 15.9 Å². The minimum absolute atomic E-state index is 0.376.